The van der Waals surface area contributed by atoms with Crippen LogP contribution in [0.15, 0.2) is 29.4 Å². The highest BCUT2D eigenvalue weighted by Gasteiger charge is 2.31. The van der Waals surface area contributed by atoms with E-state index in [1.165, 1.54) is 6.07 Å². The predicted molar refractivity (Wildman–Crippen MR) is 71.0 cm³/mol. The van der Waals surface area contributed by atoms with E-state index in [9.17, 15) is 14.9 Å². The zero-order valence-corrected chi connectivity index (χ0v) is 10.4. The summed E-state index contributed by atoms with van der Waals surface area (Å²) in [5.74, 6) is 1.89. The predicted octanol–water partition coefficient (Wildman–Crippen LogP) is 0.837. The molecule has 1 heterocycles. The second kappa shape index (κ2) is 5.84. The number of rotatable bonds is 4. The number of amides is 1. The van der Waals surface area contributed by atoms with Crippen molar-refractivity contribution in [2.45, 2.75) is 12.5 Å². The van der Waals surface area contributed by atoms with Crippen LogP contribution in [0.4, 0.5) is 5.69 Å². The third-order valence-electron chi connectivity index (χ3n) is 2.74. The number of nitrogens with zero attached hydrogens (tertiary/aromatic N) is 2. The van der Waals surface area contributed by atoms with Gasteiger partial charge in [-0.3, -0.25) is 14.9 Å². The molecule has 0 spiro atoms. The van der Waals surface area contributed by atoms with Crippen molar-refractivity contribution in [1.29, 1.82) is 0 Å². The van der Waals surface area contributed by atoms with Gasteiger partial charge in [-0.25, -0.2) is 0 Å². The highest BCUT2D eigenvalue weighted by molar-refractivity contribution is 6.06. The van der Waals surface area contributed by atoms with Crippen LogP contribution in [0.25, 0.3) is 0 Å². The SMILES string of the molecule is C#CCNC(=O)C1CC(c2ccccc2[N+](=O)[O-])=NO1. The Bertz CT molecular complexity index is 618. The summed E-state index contributed by atoms with van der Waals surface area (Å²) >= 11 is 0. The molecule has 7 nitrogen and oxygen atoms in total. The quantitative estimate of drug-likeness (QED) is 0.499. The maximum atomic E-state index is 11.7. The van der Waals surface area contributed by atoms with Gasteiger partial charge in [0.2, 0.25) is 6.10 Å². The number of carbonyl (C=O) groups excluding carboxylic acids is 1. The van der Waals surface area contributed by atoms with E-state index in [-0.39, 0.29) is 24.6 Å². The minimum atomic E-state index is -0.807. The van der Waals surface area contributed by atoms with Crippen LogP contribution < -0.4 is 5.32 Å². The first kappa shape index (κ1) is 13.5. The third kappa shape index (κ3) is 2.75. The lowest BCUT2D eigenvalue weighted by atomic mass is 10.0. The van der Waals surface area contributed by atoms with E-state index in [0.717, 1.165) is 0 Å². The van der Waals surface area contributed by atoms with Gasteiger partial charge in [0.1, 0.15) is 0 Å². The number of nitro benzene ring substituents is 1. The molecule has 0 saturated carbocycles. The molecule has 0 aliphatic carbocycles. The summed E-state index contributed by atoms with van der Waals surface area (Å²) in [7, 11) is 0. The lowest BCUT2D eigenvalue weighted by molar-refractivity contribution is -0.385. The van der Waals surface area contributed by atoms with Crippen LogP contribution in [0.2, 0.25) is 0 Å². The number of hydrogen-bond donors (Lipinski definition) is 1. The highest BCUT2D eigenvalue weighted by atomic mass is 16.6. The second-order valence-corrected chi connectivity index (χ2v) is 4.03. The zero-order valence-electron chi connectivity index (χ0n) is 10.4. The molecule has 1 aliphatic rings. The molecular formula is C13H11N3O4. The lowest BCUT2D eigenvalue weighted by Crippen LogP contribution is -2.34. The molecule has 0 fully saturated rings. The third-order valence-corrected chi connectivity index (χ3v) is 2.74. The topological polar surface area (TPSA) is 93.8 Å². The number of nitro groups is 1. The summed E-state index contributed by atoms with van der Waals surface area (Å²) in [6.07, 6.45) is 4.40. The van der Waals surface area contributed by atoms with Crippen molar-refractivity contribution < 1.29 is 14.6 Å². The number of hydrogen-bond acceptors (Lipinski definition) is 5. The molecule has 7 heteroatoms. The van der Waals surface area contributed by atoms with Gasteiger partial charge in [-0.15, -0.1) is 6.42 Å². The average molecular weight is 273 g/mol. The van der Waals surface area contributed by atoms with E-state index < -0.39 is 11.0 Å². The van der Waals surface area contributed by atoms with Crippen LogP contribution in [-0.4, -0.2) is 29.2 Å². The Balaban J connectivity index is 2.12. The summed E-state index contributed by atoms with van der Waals surface area (Å²) in [6, 6.07) is 6.18. The Morgan fingerprint density at radius 1 is 1.60 bits per heavy atom. The van der Waals surface area contributed by atoms with Crippen molar-refractivity contribution in [3.8, 4) is 12.3 Å². The largest absolute Gasteiger partial charge is 0.382 e. The maximum Gasteiger partial charge on any atom is 0.278 e. The van der Waals surface area contributed by atoms with Gasteiger partial charge in [0, 0.05) is 12.5 Å². The Hall–Kier alpha value is -2.88. The molecule has 0 bridgehead atoms. The molecule has 1 atom stereocenters. The van der Waals surface area contributed by atoms with Crippen LogP contribution in [0, 0.1) is 22.5 Å². The molecule has 1 amide bonds. The molecule has 20 heavy (non-hydrogen) atoms. The van der Waals surface area contributed by atoms with E-state index in [2.05, 4.69) is 16.4 Å². The first-order valence-electron chi connectivity index (χ1n) is 5.81. The number of benzene rings is 1. The van der Waals surface area contributed by atoms with E-state index in [4.69, 9.17) is 11.3 Å². The van der Waals surface area contributed by atoms with Gasteiger partial charge in [0.25, 0.3) is 11.6 Å². The van der Waals surface area contributed by atoms with Gasteiger partial charge in [0.05, 0.1) is 22.7 Å². The number of nitrogens with one attached hydrogen (secondary N) is 1. The monoisotopic (exact) mass is 273 g/mol. The van der Waals surface area contributed by atoms with Crippen LogP contribution in [-0.2, 0) is 9.63 Å². The van der Waals surface area contributed by atoms with Gasteiger partial charge in [-0.2, -0.15) is 0 Å². The molecular weight excluding hydrogens is 262 g/mol. The van der Waals surface area contributed by atoms with E-state index in [1.54, 1.807) is 18.2 Å². The molecule has 102 valence electrons. The normalized spacial score (nSPS) is 16.8. The van der Waals surface area contributed by atoms with Crippen LogP contribution in [0.5, 0.6) is 0 Å². The molecule has 1 N–H and O–H groups in total. The fourth-order valence-corrected chi connectivity index (χ4v) is 1.81. The Kier molecular flexibility index (Phi) is 3.96. The number of para-hydroxylation sites is 1. The smallest absolute Gasteiger partial charge is 0.278 e. The van der Waals surface area contributed by atoms with Gasteiger partial charge in [-0.05, 0) is 6.07 Å². The van der Waals surface area contributed by atoms with E-state index in [0.29, 0.717) is 11.3 Å². The highest BCUT2D eigenvalue weighted by Crippen LogP contribution is 2.24. The Labute approximate surface area is 114 Å². The number of terminal acetylenes is 1. The van der Waals surface area contributed by atoms with Gasteiger partial charge >= 0.3 is 0 Å². The molecule has 1 unspecified atom stereocenters. The minimum Gasteiger partial charge on any atom is -0.382 e. The number of carbonyl (C=O) groups is 1. The summed E-state index contributed by atoms with van der Waals surface area (Å²) in [5, 5.41) is 17.2. The maximum absolute atomic E-state index is 11.7. The first-order chi connectivity index (χ1) is 9.63. The summed E-state index contributed by atoms with van der Waals surface area (Å²) in [4.78, 5) is 27.1. The Morgan fingerprint density at radius 2 is 2.35 bits per heavy atom. The van der Waals surface area contributed by atoms with E-state index >= 15 is 0 Å². The Morgan fingerprint density at radius 3 is 3.05 bits per heavy atom. The standard InChI is InChI=1S/C13H11N3O4/c1-2-7-14-13(17)12-8-10(15-20-12)9-5-3-4-6-11(9)16(18)19/h1,3-6,12H,7-8H2,(H,14,17). The molecule has 1 aromatic rings. The molecule has 2 rings (SSSR count). The van der Waals surface area contributed by atoms with Crippen molar-refractivity contribution in [1.82, 2.24) is 5.32 Å². The molecule has 1 aromatic carbocycles. The lowest BCUT2D eigenvalue weighted by Gasteiger charge is -2.06. The minimum absolute atomic E-state index is 0.0699. The fourth-order valence-electron chi connectivity index (χ4n) is 1.81. The summed E-state index contributed by atoms with van der Waals surface area (Å²) in [5.41, 5.74) is 0.655. The average Bonchev–Trinajstić information content (AvgIpc) is 2.94. The molecule has 0 saturated heterocycles. The van der Waals surface area contributed by atoms with Crippen LogP contribution >= 0.6 is 0 Å². The van der Waals surface area contributed by atoms with Crippen molar-refractivity contribution in [3.05, 3.63) is 39.9 Å². The van der Waals surface area contributed by atoms with Crippen molar-refractivity contribution >= 4 is 17.3 Å². The molecule has 0 radical (unpaired) electrons. The first-order valence-corrected chi connectivity index (χ1v) is 5.81. The van der Waals surface area contributed by atoms with Gasteiger partial charge in [0.15, 0.2) is 0 Å². The second-order valence-electron chi connectivity index (χ2n) is 4.03. The fraction of sp³-hybridized carbons (Fsp3) is 0.231. The van der Waals surface area contributed by atoms with Crippen LogP contribution in [0.1, 0.15) is 12.0 Å². The van der Waals surface area contributed by atoms with Crippen molar-refractivity contribution in [2.24, 2.45) is 5.16 Å². The zero-order chi connectivity index (χ0) is 14.5. The summed E-state index contributed by atoms with van der Waals surface area (Å²) < 4.78 is 0. The van der Waals surface area contributed by atoms with Gasteiger partial charge in [-0.1, -0.05) is 23.2 Å². The van der Waals surface area contributed by atoms with E-state index in [1.807, 2.05) is 0 Å². The molecule has 1 aliphatic heterocycles. The van der Waals surface area contributed by atoms with Gasteiger partial charge < -0.3 is 10.2 Å². The number of oxime groups is 1. The molecule has 0 aromatic heterocycles. The summed E-state index contributed by atoms with van der Waals surface area (Å²) in [6.45, 7) is 0.0967. The van der Waals surface area contributed by atoms with Crippen LogP contribution in [0.3, 0.4) is 0 Å². The van der Waals surface area contributed by atoms with Crippen molar-refractivity contribution in [3.63, 3.8) is 0 Å². The van der Waals surface area contributed by atoms with Crippen molar-refractivity contribution in [2.75, 3.05) is 6.54 Å².